The van der Waals surface area contributed by atoms with Crippen LogP contribution in [0.3, 0.4) is 0 Å². The van der Waals surface area contributed by atoms with Crippen molar-refractivity contribution >= 4 is 18.3 Å². The SMILES string of the molecule is CC(Cn1cnnn1)Nc1cc(B2OC(C)(C)C(C)(C)O2)ccc1F. The van der Waals surface area contributed by atoms with Crippen LogP contribution in [0.1, 0.15) is 34.6 Å². The Morgan fingerprint density at radius 3 is 2.52 bits per heavy atom. The molecule has 9 heteroatoms. The Kier molecular flexibility index (Phi) is 4.55. The highest BCUT2D eigenvalue weighted by Crippen LogP contribution is 2.36. The summed E-state index contributed by atoms with van der Waals surface area (Å²) in [7, 11) is -0.527. The second-order valence-electron chi connectivity index (χ2n) is 7.40. The quantitative estimate of drug-likeness (QED) is 0.829. The number of rotatable bonds is 5. The Morgan fingerprint density at radius 2 is 1.92 bits per heavy atom. The summed E-state index contributed by atoms with van der Waals surface area (Å²) in [6, 6.07) is 4.78. The van der Waals surface area contributed by atoms with Gasteiger partial charge in [0.15, 0.2) is 0 Å². The average Bonchev–Trinajstić information content (AvgIpc) is 3.07. The van der Waals surface area contributed by atoms with Crippen LogP contribution in [0.25, 0.3) is 0 Å². The van der Waals surface area contributed by atoms with Crippen LogP contribution < -0.4 is 10.8 Å². The van der Waals surface area contributed by atoms with E-state index in [9.17, 15) is 4.39 Å². The van der Waals surface area contributed by atoms with Gasteiger partial charge in [-0.2, -0.15) is 0 Å². The second-order valence-corrected chi connectivity index (χ2v) is 7.40. The first-order valence-electron chi connectivity index (χ1n) is 8.30. The van der Waals surface area contributed by atoms with E-state index in [2.05, 4.69) is 20.8 Å². The lowest BCUT2D eigenvalue weighted by Crippen LogP contribution is -2.41. The molecule has 0 amide bonds. The molecule has 1 N–H and O–H groups in total. The molecular formula is C16H23BFN5O2. The maximum Gasteiger partial charge on any atom is 0.494 e. The number of halogens is 1. The standard InChI is InChI=1S/C16H23BFN5O2/c1-11(9-23-10-19-21-22-23)20-14-8-12(6-7-13(14)18)17-24-15(2,3)16(4,5)25-17/h6-8,10-11,20H,9H2,1-5H3. The van der Waals surface area contributed by atoms with Crippen molar-refractivity contribution in [2.24, 2.45) is 0 Å². The summed E-state index contributed by atoms with van der Waals surface area (Å²) in [6.45, 7) is 10.4. The summed E-state index contributed by atoms with van der Waals surface area (Å²) in [5, 5.41) is 14.1. The van der Waals surface area contributed by atoms with E-state index in [0.29, 0.717) is 12.2 Å². The van der Waals surface area contributed by atoms with Gasteiger partial charge in [-0.1, -0.05) is 6.07 Å². The zero-order chi connectivity index (χ0) is 18.2. The zero-order valence-corrected chi connectivity index (χ0v) is 15.2. The number of benzene rings is 1. The largest absolute Gasteiger partial charge is 0.494 e. The van der Waals surface area contributed by atoms with Crippen molar-refractivity contribution in [3.05, 3.63) is 30.3 Å². The third kappa shape index (κ3) is 3.67. The molecule has 1 atom stereocenters. The second kappa shape index (κ2) is 6.38. The highest BCUT2D eigenvalue weighted by molar-refractivity contribution is 6.62. The molecule has 0 bridgehead atoms. The lowest BCUT2D eigenvalue weighted by atomic mass is 9.79. The van der Waals surface area contributed by atoms with E-state index in [-0.39, 0.29) is 11.9 Å². The number of hydrogen-bond acceptors (Lipinski definition) is 6. The first-order chi connectivity index (χ1) is 11.7. The Bertz CT molecular complexity index is 722. The van der Waals surface area contributed by atoms with Gasteiger partial charge in [0.1, 0.15) is 12.1 Å². The van der Waals surface area contributed by atoms with Gasteiger partial charge in [-0.3, -0.25) is 0 Å². The molecule has 25 heavy (non-hydrogen) atoms. The number of nitrogens with one attached hydrogen (secondary N) is 1. The molecule has 1 aromatic heterocycles. The number of tetrazole rings is 1. The van der Waals surface area contributed by atoms with Crippen molar-refractivity contribution in [3.8, 4) is 0 Å². The third-order valence-corrected chi connectivity index (χ3v) is 4.77. The van der Waals surface area contributed by atoms with Gasteiger partial charge in [0.05, 0.1) is 23.4 Å². The fourth-order valence-electron chi connectivity index (χ4n) is 2.63. The van der Waals surface area contributed by atoms with Gasteiger partial charge in [-0.15, -0.1) is 5.10 Å². The molecule has 2 heterocycles. The van der Waals surface area contributed by atoms with E-state index in [1.54, 1.807) is 16.8 Å². The molecular weight excluding hydrogens is 324 g/mol. The smallest absolute Gasteiger partial charge is 0.399 e. The maximum atomic E-state index is 14.2. The lowest BCUT2D eigenvalue weighted by Gasteiger charge is -2.32. The molecule has 0 radical (unpaired) electrons. The van der Waals surface area contributed by atoms with Crippen LogP contribution in [0.5, 0.6) is 0 Å². The molecule has 2 aromatic rings. The fraction of sp³-hybridized carbons (Fsp3) is 0.562. The number of aromatic nitrogens is 4. The number of anilines is 1. The molecule has 0 saturated carbocycles. The highest BCUT2D eigenvalue weighted by Gasteiger charge is 2.51. The van der Waals surface area contributed by atoms with Gasteiger partial charge >= 0.3 is 7.12 Å². The number of nitrogens with zero attached hydrogens (tertiary/aromatic N) is 4. The minimum atomic E-state index is -0.527. The van der Waals surface area contributed by atoms with Crippen molar-refractivity contribution in [1.29, 1.82) is 0 Å². The van der Waals surface area contributed by atoms with Crippen LogP contribution in [0.4, 0.5) is 10.1 Å². The normalized spacial score (nSPS) is 19.8. The van der Waals surface area contributed by atoms with Crippen molar-refractivity contribution in [1.82, 2.24) is 20.2 Å². The summed E-state index contributed by atoms with van der Waals surface area (Å²) in [6.07, 6.45) is 1.52. The summed E-state index contributed by atoms with van der Waals surface area (Å²) < 4.78 is 27.9. The maximum absolute atomic E-state index is 14.2. The van der Waals surface area contributed by atoms with Gasteiger partial charge < -0.3 is 14.6 Å². The van der Waals surface area contributed by atoms with E-state index in [0.717, 1.165) is 5.46 Å². The van der Waals surface area contributed by atoms with E-state index in [4.69, 9.17) is 9.31 Å². The summed E-state index contributed by atoms with van der Waals surface area (Å²) in [4.78, 5) is 0. The van der Waals surface area contributed by atoms with Crippen LogP contribution in [0.15, 0.2) is 24.5 Å². The van der Waals surface area contributed by atoms with Gasteiger partial charge in [0.2, 0.25) is 0 Å². The lowest BCUT2D eigenvalue weighted by molar-refractivity contribution is 0.00578. The monoisotopic (exact) mass is 347 g/mol. The predicted octanol–water partition coefficient (Wildman–Crippen LogP) is 1.61. The minimum Gasteiger partial charge on any atom is -0.399 e. The van der Waals surface area contributed by atoms with Gasteiger partial charge in [0.25, 0.3) is 0 Å². The van der Waals surface area contributed by atoms with Crippen LogP contribution in [-0.4, -0.2) is 44.6 Å². The van der Waals surface area contributed by atoms with Crippen molar-refractivity contribution in [2.75, 3.05) is 5.32 Å². The Labute approximate surface area is 147 Å². The third-order valence-electron chi connectivity index (χ3n) is 4.77. The van der Waals surface area contributed by atoms with Gasteiger partial charge in [-0.05, 0) is 62.6 Å². The summed E-state index contributed by atoms with van der Waals surface area (Å²) in [5.74, 6) is -0.330. The van der Waals surface area contributed by atoms with Gasteiger partial charge in [-0.25, -0.2) is 9.07 Å². The van der Waals surface area contributed by atoms with Crippen LogP contribution in [0, 0.1) is 5.82 Å². The van der Waals surface area contributed by atoms with Crippen LogP contribution in [-0.2, 0) is 15.9 Å². The van der Waals surface area contributed by atoms with E-state index in [1.807, 2.05) is 34.6 Å². The minimum absolute atomic E-state index is 0.0634. The predicted molar refractivity (Wildman–Crippen MR) is 93.0 cm³/mol. The molecule has 0 spiro atoms. The fourth-order valence-corrected chi connectivity index (χ4v) is 2.63. The molecule has 1 aliphatic heterocycles. The molecule has 1 unspecified atom stereocenters. The van der Waals surface area contributed by atoms with Crippen LogP contribution in [0.2, 0.25) is 0 Å². The molecule has 134 valence electrons. The molecule has 0 aliphatic carbocycles. The molecule has 1 aromatic carbocycles. The molecule has 7 nitrogen and oxygen atoms in total. The summed E-state index contributed by atoms with van der Waals surface area (Å²) in [5.41, 5.74) is 0.296. The Morgan fingerprint density at radius 1 is 1.24 bits per heavy atom. The first kappa shape index (κ1) is 17.8. The first-order valence-corrected chi connectivity index (χ1v) is 8.30. The van der Waals surface area contributed by atoms with Crippen LogP contribution >= 0.6 is 0 Å². The summed E-state index contributed by atoms with van der Waals surface area (Å²) >= 11 is 0. The average molecular weight is 347 g/mol. The van der Waals surface area contributed by atoms with Crippen molar-refractivity contribution in [2.45, 2.75) is 58.4 Å². The Hall–Kier alpha value is -2.00. The molecule has 1 aliphatic rings. The van der Waals surface area contributed by atoms with E-state index < -0.39 is 18.3 Å². The Balaban J connectivity index is 1.75. The highest BCUT2D eigenvalue weighted by atomic mass is 19.1. The zero-order valence-electron chi connectivity index (χ0n) is 15.2. The van der Waals surface area contributed by atoms with Crippen molar-refractivity contribution in [3.63, 3.8) is 0 Å². The van der Waals surface area contributed by atoms with E-state index in [1.165, 1.54) is 12.4 Å². The molecule has 1 saturated heterocycles. The van der Waals surface area contributed by atoms with Gasteiger partial charge in [0, 0.05) is 6.04 Å². The molecule has 1 fully saturated rings. The number of hydrogen-bond donors (Lipinski definition) is 1. The van der Waals surface area contributed by atoms with Crippen molar-refractivity contribution < 1.29 is 13.7 Å². The van der Waals surface area contributed by atoms with E-state index >= 15 is 0 Å². The molecule has 3 rings (SSSR count). The topological polar surface area (TPSA) is 74.1 Å².